The van der Waals surface area contributed by atoms with Gasteiger partial charge < -0.3 is 14.8 Å². The molecule has 4 aromatic rings. The molecule has 0 aliphatic carbocycles. The van der Waals surface area contributed by atoms with Gasteiger partial charge in [0.1, 0.15) is 12.4 Å². The summed E-state index contributed by atoms with van der Waals surface area (Å²) in [5, 5.41) is 12.8. The first kappa shape index (κ1) is 20.3. The molecule has 0 radical (unpaired) electrons. The number of ether oxygens (including phenoxy) is 2. The zero-order chi connectivity index (χ0) is 21.8. The van der Waals surface area contributed by atoms with Gasteiger partial charge in [-0.05, 0) is 41.6 Å². The van der Waals surface area contributed by atoms with Gasteiger partial charge in [-0.2, -0.15) is 4.98 Å². The largest absolute Gasteiger partial charge is 0.489 e. The molecule has 0 amide bonds. The van der Waals surface area contributed by atoms with E-state index in [2.05, 4.69) is 27.4 Å². The number of aromatic nitrogens is 3. The van der Waals surface area contributed by atoms with Crippen LogP contribution < -0.4 is 14.8 Å². The molecule has 32 heavy (non-hydrogen) atoms. The summed E-state index contributed by atoms with van der Waals surface area (Å²) < 4.78 is 12.2. The molecule has 2 heterocycles. The Morgan fingerprint density at radius 1 is 0.938 bits per heavy atom. The second kappa shape index (κ2) is 9.28. The van der Waals surface area contributed by atoms with E-state index in [1.54, 1.807) is 0 Å². The molecule has 160 valence electrons. The number of thioether (sulfide) groups is 1. The minimum Gasteiger partial charge on any atom is -0.489 e. The number of nitrogens with one attached hydrogen (secondary N) is 1. The third kappa shape index (κ3) is 4.38. The van der Waals surface area contributed by atoms with Crippen LogP contribution in [0.1, 0.15) is 24.3 Å². The van der Waals surface area contributed by atoms with Gasteiger partial charge in [0, 0.05) is 16.8 Å². The van der Waals surface area contributed by atoms with Crippen molar-refractivity contribution in [1.82, 2.24) is 15.2 Å². The van der Waals surface area contributed by atoms with E-state index < -0.39 is 6.23 Å². The molecule has 6 nitrogen and oxygen atoms in total. The molecule has 3 aromatic carbocycles. The van der Waals surface area contributed by atoms with Gasteiger partial charge in [0.25, 0.3) is 0 Å². The molecular weight excluding hydrogens is 420 g/mol. The van der Waals surface area contributed by atoms with Gasteiger partial charge in [-0.1, -0.05) is 67.2 Å². The number of hydrogen-bond acceptors (Lipinski definition) is 7. The lowest BCUT2D eigenvalue weighted by Crippen LogP contribution is -2.17. The van der Waals surface area contributed by atoms with Gasteiger partial charge in [0.2, 0.25) is 11.0 Å². The Labute approximate surface area is 191 Å². The predicted molar refractivity (Wildman–Crippen MR) is 126 cm³/mol. The maximum atomic E-state index is 6.30. The number of rotatable bonds is 6. The van der Waals surface area contributed by atoms with E-state index >= 15 is 0 Å². The maximum Gasteiger partial charge on any atom is 0.247 e. The van der Waals surface area contributed by atoms with Gasteiger partial charge in [-0.25, -0.2) is 0 Å². The summed E-state index contributed by atoms with van der Waals surface area (Å²) in [5.74, 6) is 2.14. The number of benzene rings is 3. The third-order valence-electron chi connectivity index (χ3n) is 5.04. The number of fused-ring (bicyclic) bond motifs is 3. The zero-order valence-corrected chi connectivity index (χ0v) is 18.4. The van der Waals surface area contributed by atoms with Crippen LogP contribution in [0.25, 0.3) is 11.3 Å². The number of para-hydroxylation sites is 1. The topological polar surface area (TPSA) is 69.2 Å². The Kier molecular flexibility index (Phi) is 5.89. The van der Waals surface area contributed by atoms with Crippen LogP contribution in [0.4, 0.5) is 5.69 Å². The lowest BCUT2D eigenvalue weighted by Gasteiger charge is -2.19. The molecule has 5 rings (SSSR count). The van der Waals surface area contributed by atoms with Crippen molar-refractivity contribution < 1.29 is 9.47 Å². The highest BCUT2D eigenvalue weighted by atomic mass is 32.2. The van der Waals surface area contributed by atoms with Crippen LogP contribution in [0.3, 0.4) is 0 Å². The molecule has 0 unspecified atom stereocenters. The lowest BCUT2D eigenvalue weighted by atomic mass is 10.1. The minimum absolute atomic E-state index is 0.420. The van der Waals surface area contributed by atoms with Crippen molar-refractivity contribution in [1.29, 1.82) is 0 Å². The van der Waals surface area contributed by atoms with Crippen LogP contribution in [-0.4, -0.2) is 20.9 Å². The molecule has 1 aliphatic heterocycles. The monoisotopic (exact) mass is 442 g/mol. The summed E-state index contributed by atoms with van der Waals surface area (Å²) in [7, 11) is 0. The fourth-order valence-electron chi connectivity index (χ4n) is 3.47. The molecule has 7 heteroatoms. The first-order valence-electron chi connectivity index (χ1n) is 10.5. The molecule has 1 N–H and O–H groups in total. The summed E-state index contributed by atoms with van der Waals surface area (Å²) in [4.78, 5) is 4.62. The van der Waals surface area contributed by atoms with Crippen LogP contribution >= 0.6 is 11.8 Å². The van der Waals surface area contributed by atoms with Crippen LogP contribution in [0.5, 0.6) is 11.6 Å². The lowest BCUT2D eigenvalue weighted by molar-refractivity contribution is 0.225. The first-order valence-corrected chi connectivity index (χ1v) is 11.5. The Hall–Kier alpha value is -3.58. The molecule has 0 bridgehead atoms. The number of hydrogen-bond donors (Lipinski definition) is 1. The van der Waals surface area contributed by atoms with E-state index in [9.17, 15) is 0 Å². The zero-order valence-electron chi connectivity index (χ0n) is 17.6. The summed E-state index contributed by atoms with van der Waals surface area (Å²) in [5.41, 5.74) is 4.57. The Bertz CT molecular complexity index is 1200. The molecule has 0 spiro atoms. The number of anilines is 1. The van der Waals surface area contributed by atoms with E-state index in [0.717, 1.165) is 33.9 Å². The van der Waals surface area contributed by atoms with Gasteiger partial charge >= 0.3 is 0 Å². The van der Waals surface area contributed by atoms with Crippen molar-refractivity contribution in [3.05, 3.63) is 90.0 Å². The SMILES string of the molecule is CCSc1nnc2c(n1)O[C@@H](c1ccc(OCc3ccccc3)cc1)Nc1ccccc1-2. The van der Waals surface area contributed by atoms with Gasteiger partial charge in [-0.3, -0.25) is 0 Å². The van der Waals surface area contributed by atoms with E-state index in [0.29, 0.717) is 23.3 Å². The van der Waals surface area contributed by atoms with Crippen molar-refractivity contribution in [2.24, 2.45) is 0 Å². The smallest absolute Gasteiger partial charge is 0.247 e. The van der Waals surface area contributed by atoms with Crippen molar-refractivity contribution >= 4 is 17.4 Å². The van der Waals surface area contributed by atoms with Crippen molar-refractivity contribution in [2.75, 3.05) is 11.1 Å². The van der Waals surface area contributed by atoms with Crippen LogP contribution in [0.15, 0.2) is 84.0 Å². The normalized spacial score (nSPS) is 14.3. The van der Waals surface area contributed by atoms with Crippen molar-refractivity contribution in [3.63, 3.8) is 0 Å². The fourth-order valence-corrected chi connectivity index (χ4v) is 3.97. The molecule has 1 atom stereocenters. The quantitative estimate of drug-likeness (QED) is 0.382. The van der Waals surface area contributed by atoms with Crippen LogP contribution in [0.2, 0.25) is 0 Å². The average molecular weight is 443 g/mol. The van der Waals surface area contributed by atoms with E-state index in [4.69, 9.17) is 9.47 Å². The fraction of sp³-hybridized carbons (Fsp3) is 0.160. The highest BCUT2D eigenvalue weighted by Crippen LogP contribution is 2.39. The molecule has 0 saturated carbocycles. The summed E-state index contributed by atoms with van der Waals surface area (Å²) in [6.07, 6.45) is -0.420. The first-order chi connectivity index (χ1) is 15.8. The molecule has 0 fully saturated rings. The third-order valence-corrected chi connectivity index (χ3v) is 5.76. The summed E-state index contributed by atoms with van der Waals surface area (Å²) in [6.45, 7) is 2.58. The van der Waals surface area contributed by atoms with Crippen molar-refractivity contribution in [3.8, 4) is 22.9 Å². The van der Waals surface area contributed by atoms with E-state index in [-0.39, 0.29) is 0 Å². The van der Waals surface area contributed by atoms with Gasteiger partial charge in [0.05, 0.1) is 0 Å². The maximum absolute atomic E-state index is 6.30. The predicted octanol–water partition coefficient (Wildman–Crippen LogP) is 5.73. The molecule has 1 aromatic heterocycles. The molecule has 0 saturated heterocycles. The van der Waals surface area contributed by atoms with Gasteiger partial charge in [-0.15, -0.1) is 10.2 Å². The average Bonchev–Trinajstić information content (AvgIpc) is 3.00. The Balaban J connectivity index is 1.40. The van der Waals surface area contributed by atoms with E-state index in [1.807, 2.05) is 78.9 Å². The van der Waals surface area contributed by atoms with Crippen LogP contribution in [-0.2, 0) is 6.61 Å². The molecular formula is C25H22N4O2S. The van der Waals surface area contributed by atoms with Gasteiger partial charge in [0.15, 0.2) is 11.9 Å². The highest BCUT2D eigenvalue weighted by molar-refractivity contribution is 7.99. The standard InChI is InChI=1S/C25H22N4O2S/c1-2-32-25-27-24-22(28-29-25)20-10-6-7-11-21(20)26-23(31-24)18-12-14-19(15-13-18)30-16-17-8-4-3-5-9-17/h3-15,23,26H,2,16H2,1H3/t23-/m0/s1. The van der Waals surface area contributed by atoms with Crippen molar-refractivity contribution in [2.45, 2.75) is 24.9 Å². The Morgan fingerprint density at radius 3 is 2.53 bits per heavy atom. The second-order valence-electron chi connectivity index (χ2n) is 7.21. The minimum atomic E-state index is -0.420. The molecule has 1 aliphatic rings. The second-order valence-corrected chi connectivity index (χ2v) is 8.44. The summed E-state index contributed by atoms with van der Waals surface area (Å²) >= 11 is 1.54. The number of nitrogens with zero attached hydrogens (tertiary/aromatic N) is 3. The van der Waals surface area contributed by atoms with Crippen LogP contribution in [0, 0.1) is 0 Å². The van der Waals surface area contributed by atoms with E-state index in [1.165, 1.54) is 11.8 Å². The highest BCUT2D eigenvalue weighted by Gasteiger charge is 2.26. The Morgan fingerprint density at radius 2 is 1.72 bits per heavy atom. The summed E-state index contributed by atoms with van der Waals surface area (Å²) in [6, 6.07) is 26.0.